The molecule has 2 unspecified atom stereocenters. The van der Waals surface area contributed by atoms with E-state index >= 15 is 0 Å². The van der Waals surface area contributed by atoms with Gasteiger partial charge in [-0.25, -0.2) is 4.39 Å². The molecule has 5 rings (SSSR count). The monoisotopic (exact) mass is 517 g/mol. The van der Waals surface area contributed by atoms with Crippen LogP contribution in [-0.4, -0.2) is 56.2 Å². The van der Waals surface area contributed by atoms with Crippen molar-refractivity contribution in [2.24, 2.45) is 0 Å². The third-order valence-corrected chi connectivity index (χ3v) is 6.34. The molecule has 2 aromatic heterocycles. The highest BCUT2D eigenvalue weighted by molar-refractivity contribution is 6.44. The third-order valence-electron chi connectivity index (χ3n) is 5.48. The van der Waals surface area contributed by atoms with Gasteiger partial charge >= 0.3 is 6.36 Å². The molecule has 1 saturated heterocycles. The van der Waals surface area contributed by atoms with Gasteiger partial charge in [0.2, 0.25) is 0 Å². The largest absolute Gasteiger partial charge is 0.573 e. The quantitative estimate of drug-likeness (QED) is 0.381. The molecule has 0 saturated carbocycles. The first-order valence-corrected chi connectivity index (χ1v) is 10.6. The van der Waals surface area contributed by atoms with E-state index in [1.807, 2.05) is 0 Å². The van der Waals surface area contributed by atoms with Crippen LogP contribution < -0.4 is 4.74 Å². The maximum atomic E-state index is 13.7. The summed E-state index contributed by atoms with van der Waals surface area (Å²) in [6, 6.07) is 3.34. The average molecular weight is 518 g/mol. The second kappa shape index (κ2) is 8.36. The summed E-state index contributed by atoms with van der Waals surface area (Å²) < 4.78 is 62.8. The van der Waals surface area contributed by atoms with E-state index in [-0.39, 0.29) is 46.9 Å². The second-order valence-corrected chi connectivity index (χ2v) is 8.32. The minimum absolute atomic E-state index is 0.0248. The Morgan fingerprint density at radius 2 is 1.94 bits per heavy atom. The summed E-state index contributed by atoms with van der Waals surface area (Å²) in [5.41, 5.74) is 0.143. The van der Waals surface area contributed by atoms with Crippen molar-refractivity contribution in [1.82, 2.24) is 24.6 Å². The maximum Gasteiger partial charge on any atom is 0.573 e. The van der Waals surface area contributed by atoms with E-state index in [1.165, 1.54) is 17.2 Å². The molecule has 1 fully saturated rings. The summed E-state index contributed by atoms with van der Waals surface area (Å²) in [5.74, 6) is -1.12. The number of carbonyl (C=O) groups is 1. The molecule has 2 bridgehead atoms. The molecule has 4 heterocycles. The lowest BCUT2D eigenvalue weighted by atomic mass is 10.0. The molecule has 0 N–H and O–H groups in total. The van der Waals surface area contributed by atoms with Crippen LogP contribution in [0.1, 0.15) is 22.2 Å². The van der Waals surface area contributed by atoms with Gasteiger partial charge in [0, 0.05) is 18.8 Å². The van der Waals surface area contributed by atoms with Crippen molar-refractivity contribution in [1.29, 1.82) is 0 Å². The number of fused-ring (bicyclic) bond motifs is 4. The fourth-order valence-electron chi connectivity index (χ4n) is 4.08. The van der Waals surface area contributed by atoms with Gasteiger partial charge in [0.15, 0.2) is 11.6 Å². The normalized spacial score (nSPS) is 19.6. The number of benzene rings is 1. The molecule has 2 aliphatic heterocycles. The average Bonchev–Trinajstić information content (AvgIpc) is 3.19. The fourth-order valence-corrected chi connectivity index (χ4v) is 4.48. The zero-order valence-corrected chi connectivity index (χ0v) is 18.4. The van der Waals surface area contributed by atoms with Gasteiger partial charge in [-0.05, 0) is 18.2 Å². The number of alkyl halides is 3. The van der Waals surface area contributed by atoms with E-state index in [0.29, 0.717) is 5.82 Å². The highest BCUT2D eigenvalue weighted by Gasteiger charge is 2.44. The molecule has 2 atom stereocenters. The Hall–Kier alpha value is -2.96. The Morgan fingerprint density at radius 1 is 1.15 bits per heavy atom. The Bertz CT molecular complexity index is 1290. The van der Waals surface area contributed by atoms with Crippen molar-refractivity contribution in [3.63, 3.8) is 0 Å². The number of pyridine rings is 1. The Balaban J connectivity index is 1.51. The number of aromatic nitrogens is 4. The molecule has 2 aliphatic rings. The van der Waals surface area contributed by atoms with Crippen LogP contribution in [0.4, 0.5) is 17.6 Å². The van der Waals surface area contributed by atoms with Crippen molar-refractivity contribution < 1.29 is 31.8 Å². The van der Waals surface area contributed by atoms with Gasteiger partial charge in [0.25, 0.3) is 5.91 Å². The van der Waals surface area contributed by atoms with Crippen LogP contribution in [0, 0.1) is 5.82 Å². The SMILES string of the molecule is O=C(c1ccc(F)c(Cl)c1Cl)N1C2COCC1c1nnc(-c3cc(OC(F)(F)F)ccn3)n1C2. The van der Waals surface area contributed by atoms with Crippen molar-refractivity contribution >= 4 is 29.1 Å². The standard InChI is InChI=1S/C20H13Cl2F4N5O3/c21-15-11(1-2-12(23)16(15)22)19(32)31-9-6-30-17(28-29-18(30)14(31)8-33-7-9)13-5-10(3-4-27-13)34-20(24,25)26/h1-5,9,14H,6-8H2. The highest BCUT2D eigenvalue weighted by Crippen LogP contribution is 2.38. The Morgan fingerprint density at radius 3 is 2.71 bits per heavy atom. The Labute approximate surface area is 199 Å². The van der Waals surface area contributed by atoms with Gasteiger partial charge in [-0.2, -0.15) is 0 Å². The van der Waals surface area contributed by atoms with Gasteiger partial charge in [0.05, 0.1) is 34.9 Å². The molecule has 34 heavy (non-hydrogen) atoms. The van der Waals surface area contributed by atoms with Crippen LogP contribution in [0.15, 0.2) is 30.5 Å². The molecule has 14 heteroatoms. The van der Waals surface area contributed by atoms with Crippen molar-refractivity contribution in [3.8, 4) is 17.3 Å². The minimum Gasteiger partial charge on any atom is -0.406 e. The van der Waals surface area contributed by atoms with Crippen LogP contribution in [0.25, 0.3) is 11.5 Å². The minimum atomic E-state index is -4.86. The van der Waals surface area contributed by atoms with Gasteiger partial charge in [-0.1, -0.05) is 23.2 Å². The summed E-state index contributed by atoms with van der Waals surface area (Å²) >= 11 is 12.0. The number of amides is 1. The van der Waals surface area contributed by atoms with Crippen molar-refractivity contribution in [2.45, 2.75) is 25.0 Å². The van der Waals surface area contributed by atoms with E-state index in [2.05, 4.69) is 19.9 Å². The van der Waals surface area contributed by atoms with Crippen molar-refractivity contribution in [3.05, 3.63) is 57.7 Å². The van der Waals surface area contributed by atoms with Crippen LogP contribution in [0.3, 0.4) is 0 Å². The molecule has 8 nitrogen and oxygen atoms in total. The number of ether oxygens (including phenoxy) is 2. The first-order chi connectivity index (χ1) is 16.1. The lowest BCUT2D eigenvalue weighted by Crippen LogP contribution is -2.56. The first kappa shape index (κ1) is 22.8. The van der Waals surface area contributed by atoms with E-state index in [4.69, 9.17) is 27.9 Å². The van der Waals surface area contributed by atoms with E-state index in [9.17, 15) is 22.4 Å². The fraction of sp³-hybridized carbons (Fsp3) is 0.300. The number of carbonyl (C=O) groups excluding carboxylic acids is 1. The summed E-state index contributed by atoms with van der Waals surface area (Å²) in [7, 11) is 0. The van der Waals surface area contributed by atoms with E-state index in [1.54, 1.807) is 4.57 Å². The molecule has 1 amide bonds. The van der Waals surface area contributed by atoms with E-state index < -0.39 is 35.9 Å². The maximum absolute atomic E-state index is 13.7. The number of hydrogen-bond acceptors (Lipinski definition) is 6. The molecule has 0 aliphatic carbocycles. The summed E-state index contributed by atoms with van der Waals surface area (Å²) in [6.45, 7) is 0.451. The van der Waals surface area contributed by atoms with Gasteiger partial charge in [-0.3, -0.25) is 9.78 Å². The number of nitrogens with zero attached hydrogens (tertiary/aromatic N) is 5. The first-order valence-electron chi connectivity index (χ1n) is 9.83. The lowest BCUT2D eigenvalue weighted by molar-refractivity contribution is -0.274. The smallest absolute Gasteiger partial charge is 0.406 e. The predicted octanol–water partition coefficient (Wildman–Crippen LogP) is 4.28. The summed E-state index contributed by atoms with van der Waals surface area (Å²) in [6.07, 6.45) is -3.69. The van der Waals surface area contributed by atoms with Gasteiger partial charge in [-0.15, -0.1) is 23.4 Å². The molecule has 3 aromatic rings. The third kappa shape index (κ3) is 3.95. The van der Waals surface area contributed by atoms with Gasteiger partial charge in [0.1, 0.15) is 23.3 Å². The van der Waals surface area contributed by atoms with E-state index in [0.717, 1.165) is 18.2 Å². The number of halogens is 6. The van der Waals surface area contributed by atoms with Crippen LogP contribution in [-0.2, 0) is 11.3 Å². The topological polar surface area (TPSA) is 82.4 Å². The summed E-state index contributed by atoms with van der Waals surface area (Å²) in [5, 5.41) is 7.69. The van der Waals surface area contributed by atoms with Crippen LogP contribution >= 0.6 is 23.2 Å². The molecule has 1 aromatic carbocycles. The lowest BCUT2D eigenvalue weighted by Gasteiger charge is -2.45. The number of rotatable bonds is 3. The molecular weight excluding hydrogens is 505 g/mol. The zero-order chi connectivity index (χ0) is 24.2. The molecule has 178 valence electrons. The van der Waals surface area contributed by atoms with Crippen LogP contribution in [0.2, 0.25) is 10.0 Å². The second-order valence-electron chi connectivity index (χ2n) is 7.56. The number of morpholine rings is 1. The predicted molar refractivity (Wildman–Crippen MR) is 110 cm³/mol. The zero-order valence-electron chi connectivity index (χ0n) is 16.9. The number of hydrogen-bond donors (Lipinski definition) is 0. The molecule has 0 spiro atoms. The highest BCUT2D eigenvalue weighted by atomic mass is 35.5. The van der Waals surface area contributed by atoms with Crippen LogP contribution in [0.5, 0.6) is 5.75 Å². The van der Waals surface area contributed by atoms with Crippen molar-refractivity contribution in [2.75, 3.05) is 13.2 Å². The molecular formula is C20H13Cl2F4N5O3. The Kier molecular flexibility index (Phi) is 5.61. The summed E-state index contributed by atoms with van der Waals surface area (Å²) in [4.78, 5) is 19.0. The molecule has 0 radical (unpaired) electrons. The van der Waals surface area contributed by atoms with Gasteiger partial charge < -0.3 is 18.9 Å².